The molecule has 1 aromatic rings. The summed E-state index contributed by atoms with van der Waals surface area (Å²) in [5.74, 6) is -0.876. The van der Waals surface area contributed by atoms with Gasteiger partial charge in [-0.3, -0.25) is 10.1 Å². The minimum Gasteiger partial charge on any atom is -0.258 e. The zero-order chi connectivity index (χ0) is 13.1. The maximum absolute atomic E-state index is 12.8. The first kappa shape index (κ1) is 13.3. The van der Waals surface area contributed by atoms with Crippen LogP contribution in [0.3, 0.4) is 0 Å². The van der Waals surface area contributed by atoms with Crippen molar-refractivity contribution in [2.45, 2.75) is 4.90 Å². The number of halogens is 1. The lowest BCUT2D eigenvalue weighted by molar-refractivity contribution is -0.388. The van der Waals surface area contributed by atoms with Gasteiger partial charge in [0.2, 0.25) is 10.0 Å². The molecule has 6 nitrogen and oxygen atoms in total. The van der Waals surface area contributed by atoms with E-state index in [1.807, 2.05) is 0 Å². The minimum absolute atomic E-state index is 0.0726. The van der Waals surface area contributed by atoms with Crippen LogP contribution < -0.4 is 4.72 Å². The molecule has 0 fully saturated rings. The third kappa shape index (κ3) is 3.08. The Labute approximate surface area is 97.0 Å². The number of nitrogens with one attached hydrogen (secondary N) is 1. The Kier molecular flexibility index (Phi) is 3.92. The van der Waals surface area contributed by atoms with E-state index in [4.69, 9.17) is 0 Å². The zero-order valence-electron chi connectivity index (χ0n) is 8.59. The van der Waals surface area contributed by atoms with E-state index in [1.54, 1.807) is 0 Å². The van der Waals surface area contributed by atoms with Crippen molar-refractivity contribution in [2.24, 2.45) is 0 Å². The highest BCUT2D eigenvalue weighted by Crippen LogP contribution is 2.24. The maximum Gasteiger partial charge on any atom is 0.292 e. The molecule has 1 rings (SSSR count). The predicted molar refractivity (Wildman–Crippen MR) is 58.4 cm³/mol. The zero-order valence-corrected chi connectivity index (χ0v) is 9.41. The van der Waals surface area contributed by atoms with Crippen LogP contribution in [0, 0.1) is 15.9 Å². The predicted octanol–water partition coefficient (Wildman–Crippen LogP) is 1.20. The SMILES string of the molecule is C=CCNS(=O)(=O)c1ccc(F)cc1[N+](=O)[O-]. The van der Waals surface area contributed by atoms with Gasteiger partial charge in [-0.1, -0.05) is 6.08 Å². The molecule has 0 heterocycles. The first-order valence-electron chi connectivity index (χ1n) is 4.43. The summed E-state index contributed by atoms with van der Waals surface area (Å²) < 4.78 is 38.2. The average Bonchev–Trinajstić information content (AvgIpc) is 2.26. The number of hydrogen-bond donors (Lipinski definition) is 1. The van der Waals surface area contributed by atoms with E-state index in [-0.39, 0.29) is 6.54 Å². The van der Waals surface area contributed by atoms with Gasteiger partial charge in [-0.25, -0.2) is 17.5 Å². The molecule has 0 unspecified atom stereocenters. The second-order valence-electron chi connectivity index (χ2n) is 3.01. The van der Waals surface area contributed by atoms with Crippen LogP contribution in [0.2, 0.25) is 0 Å². The molecule has 1 N–H and O–H groups in total. The van der Waals surface area contributed by atoms with Crippen LogP contribution in [0.25, 0.3) is 0 Å². The number of benzene rings is 1. The molecule has 0 atom stereocenters. The van der Waals surface area contributed by atoms with E-state index in [9.17, 15) is 22.9 Å². The molecule has 0 spiro atoms. The molecule has 0 aromatic heterocycles. The number of hydrogen-bond acceptors (Lipinski definition) is 4. The van der Waals surface area contributed by atoms with Crippen molar-refractivity contribution in [3.05, 3.63) is 46.8 Å². The number of nitro benzene ring substituents is 1. The Morgan fingerprint density at radius 2 is 2.18 bits per heavy atom. The standard InChI is InChI=1S/C9H9FN2O4S/c1-2-5-11-17(15,16)9-4-3-7(10)6-8(9)12(13)14/h2-4,6,11H,1,5H2. The molecule has 0 radical (unpaired) electrons. The number of nitrogens with zero attached hydrogens (tertiary/aromatic N) is 1. The Hall–Kier alpha value is -1.80. The summed E-state index contributed by atoms with van der Waals surface area (Å²) in [4.78, 5) is 9.09. The maximum atomic E-state index is 12.8. The fourth-order valence-corrected chi connectivity index (χ4v) is 2.26. The molecule has 92 valence electrons. The van der Waals surface area contributed by atoms with Crippen molar-refractivity contribution in [1.29, 1.82) is 0 Å². The van der Waals surface area contributed by atoms with Crippen LogP contribution in [-0.4, -0.2) is 19.9 Å². The molecule has 0 saturated carbocycles. The second kappa shape index (κ2) is 5.02. The summed E-state index contributed by atoms with van der Waals surface area (Å²) in [5, 5.41) is 10.6. The van der Waals surface area contributed by atoms with E-state index in [1.165, 1.54) is 6.08 Å². The number of sulfonamides is 1. The van der Waals surface area contributed by atoms with Gasteiger partial charge in [0.1, 0.15) is 5.82 Å². The smallest absolute Gasteiger partial charge is 0.258 e. The summed E-state index contributed by atoms with van der Waals surface area (Å²) in [6.07, 6.45) is 1.28. The summed E-state index contributed by atoms with van der Waals surface area (Å²) in [6.45, 7) is 3.24. The monoisotopic (exact) mass is 260 g/mol. The number of rotatable bonds is 5. The minimum atomic E-state index is -4.04. The summed E-state index contributed by atoms with van der Waals surface area (Å²) >= 11 is 0. The van der Waals surface area contributed by atoms with E-state index < -0.39 is 31.3 Å². The first-order chi connectivity index (χ1) is 7.88. The fraction of sp³-hybridized carbons (Fsp3) is 0.111. The Morgan fingerprint density at radius 1 is 1.53 bits per heavy atom. The van der Waals surface area contributed by atoms with Gasteiger partial charge < -0.3 is 0 Å². The van der Waals surface area contributed by atoms with Gasteiger partial charge in [-0.15, -0.1) is 6.58 Å². The summed E-state index contributed by atoms with van der Waals surface area (Å²) in [7, 11) is -4.04. The molecule has 0 aliphatic carbocycles. The Morgan fingerprint density at radius 3 is 2.71 bits per heavy atom. The van der Waals surface area contributed by atoms with Gasteiger partial charge in [0.25, 0.3) is 5.69 Å². The Bertz CT molecular complexity index is 556. The average molecular weight is 260 g/mol. The molecule has 17 heavy (non-hydrogen) atoms. The lowest BCUT2D eigenvalue weighted by Crippen LogP contribution is -2.24. The van der Waals surface area contributed by atoms with Gasteiger partial charge in [-0.05, 0) is 12.1 Å². The van der Waals surface area contributed by atoms with Crippen molar-refractivity contribution < 1.29 is 17.7 Å². The van der Waals surface area contributed by atoms with Gasteiger partial charge in [0, 0.05) is 6.54 Å². The van der Waals surface area contributed by atoms with Crippen LogP contribution in [0.5, 0.6) is 0 Å². The molecular formula is C9H9FN2O4S. The van der Waals surface area contributed by atoms with Crippen molar-refractivity contribution >= 4 is 15.7 Å². The second-order valence-corrected chi connectivity index (χ2v) is 4.75. The van der Waals surface area contributed by atoms with Gasteiger partial charge in [0.15, 0.2) is 4.90 Å². The molecule has 0 aliphatic rings. The molecule has 0 bridgehead atoms. The molecular weight excluding hydrogens is 251 g/mol. The third-order valence-corrected chi connectivity index (χ3v) is 3.30. The highest BCUT2D eigenvalue weighted by Gasteiger charge is 2.25. The van der Waals surface area contributed by atoms with Gasteiger partial charge >= 0.3 is 0 Å². The topological polar surface area (TPSA) is 89.3 Å². The first-order valence-corrected chi connectivity index (χ1v) is 5.91. The highest BCUT2D eigenvalue weighted by molar-refractivity contribution is 7.89. The molecule has 0 aliphatic heterocycles. The Balaban J connectivity index is 3.30. The van der Waals surface area contributed by atoms with Crippen molar-refractivity contribution in [2.75, 3.05) is 6.54 Å². The molecule has 8 heteroatoms. The summed E-state index contributed by atoms with van der Waals surface area (Å²) in [5.41, 5.74) is -0.804. The lowest BCUT2D eigenvalue weighted by Gasteiger charge is -2.05. The largest absolute Gasteiger partial charge is 0.292 e. The van der Waals surface area contributed by atoms with Crippen LogP contribution in [0.1, 0.15) is 0 Å². The van der Waals surface area contributed by atoms with Gasteiger partial charge in [-0.2, -0.15) is 0 Å². The number of nitro groups is 1. The normalized spacial score (nSPS) is 11.1. The van der Waals surface area contributed by atoms with Crippen LogP contribution in [0.15, 0.2) is 35.7 Å². The van der Waals surface area contributed by atoms with E-state index >= 15 is 0 Å². The van der Waals surface area contributed by atoms with Crippen LogP contribution in [-0.2, 0) is 10.0 Å². The highest BCUT2D eigenvalue weighted by atomic mass is 32.2. The fourth-order valence-electron chi connectivity index (χ4n) is 1.11. The van der Waals surface area contributed by atoms with E-state index in [0.29, 0.717) is 6.07 Å². The van der Waals surface area contributed by atoms with Crippen LogP contribution >= 0.6 is 0 Å². The lowest BCUT2D eigenvalue weighted by atomic mass is 10.3. The molecule has 0 amide bonds. The van der Waals surface area contributed by atoms with E-state index in [0.717, 1.165) is 12.1 Å². The van der Waals surface area contributed by atoms with Gasteiger partial charge in [0.05, 0.1) is 11.0 Å². The molecule has 0 saturated heterocycles. The van der Waals surface area contributed by atoms with E-state index in [2.05, 4.69) is 11.3 Å². The molecule has 1 aromatic carbocycles. The summed E-state index contributed by atoms with van der Waals surface area (Å²) in [6, 6.07) is 2.25. The van der Waals surface area contributed by atoms with Crippen molar-refractivity contribution in [3.8, 4) is 0 Å². The quantitative estimate of drug-likeness (QED) is 0.489. The van der Waals surface area contributed by atoms with Crippen molar-refractivity contribution in [3.63, 3.8) is 0 Å². The van der Waals surface area contributed by atoms with Crippen molar-refractivity contribution in [1.82, 2.24) is 4.72 Å². The third-order valence-electron chi connectivity index (χ3n) is 1.82. The van der Waals surface area contributed by atoms with Crippen LogP contribution in [0.4, 0.5) is 10.1 Å².